The minimum atomic E-state index is -0.582. The summed E-state index contributed by atoms with van der Waals surface area (Å²) in [5, 5.41) is 17.3. The van der Waals surface area contributed by atoms with Gasteiger partial charge in [0.2, 0.25) is 5.69 Å². The van der Waals surface area contributed by atoms with E-state index in [1.54, 1.807) is 6.92 Å². The summed E-state index contributed by atoms with van der Waals surface area (Å²) >= 11 is 0. The van der Waals surface area contributed by atoms with Crippen LogP contribution >= 0.6 is 0 Å². The minimum Gasteiger partial charge on any atom is -0.348 e. The normalized spacial score (nSPS) is 14.8. The van der Waals surface area contributed by atoms with Crippen molar-refractivity contribution in [2.45, 2.75) is 32.4 Å². The molecule has 1 aromatic heterocycles. The highest BCUT2D eigenvalue weighted by Gasteiger charge is 2.30. The van der Waals surface area contributed by atoms with Crippen LogP contribution in [0, 0.1) is 10.1 Å². The van der Waals surface area contributed by atoms with Crippen molar-refractivity contribution in [1.29, 1.82) is 0 Å². The highest BCUT2D eigenvalue weighted by atomic mass is 16.6. The van der Waals surface area contributed by atoms with Gasteiger partial charge in [-0.05, 0) is 19.8 Å². The Labute approximate surface area is 91.6 Å². The van der Waals surface area contributed by atoms with Crippen molar-refractivity contribution in [3.05, 3.63) is 22.0 Å². The summed E-state index contributed by atoms with van der Waals surface area (Å²) in [5.74, 6) is -0.457. The topological polar surface area (TPSA) is 90.1 Å². The standard InChI is InChI=1S/C9H12N4O3/c1-2-12-5-7(13(15)16)8(11-12)9(14)10-6-3-4-6/h5-6H,2-4H2,1H3,(H,10,14). The quantitative estimate of drug-likeness (QED) is 0.602. The highest BCUT2D eigenvalue weighted by molar-refractivity contribution is 5.96. The molecule has 2 rings (SSSR count). The van der Waals surface area contributed by atoms with E-state index in [0.29, 0.717) is 6.54 Å². The summed E-state index contributed by atoms with van der Waals surface area (Å²) < 4.78 is 1.39. The van der Waals surface area contributed by atoms with Crippen LogP contribution in [0.1, 0.15) is 30.3 Å². The van der Waals surface area contributed by atoms with Crippen LogP contribution in [0.15, 0.2) is 6.20 Å². The molecule has 0 atom stereocenters. The van der Waals surface area contributed by atoms with Crippen molar-refractivity contribution in [3.63, 3.8) is 0 Å². The molecule has 0 bridgehead atoms. The number of nitrogens with one attached hydrogen (secondary N) is 1. The fraction of sp³-hybridized carbons (Fsp3) is 0.556. The molecule has 0 saturated heterocycles. The Bertz CT molecular complexity index is 436. The fourth-order valence-electron chi connectivity index (χ4n) is 1.35. The SMILES string of the molecule is CCn1cc([N+](=O)[O-])c(C(=O)NC2CC2)n1. The molecule has 7 heteroatoms. The third kappa shape index (κ3) is 2.02. The Morgan fingerprint density at radius 1 is 1.75 bits per heavy atom. The number of carbonyl (C=O) groups excluding carboxylic acids is 1. The van der Waals surface area contributed by atoms with Gasteiger partial charge in [0.15, 0.2) is 0 Å². The van der Waals surface area contributed by atoms with Gasteiger partial charge < -0.3 is 5.32 Å². The van der Waals surface area contributed by atoms with Crippen LogP contribution in [0.5, 0.6) is 0 Å². The minimum absolute atomic E-state index is 0.0984. The zero-order chi connectivity index (χ0) is 11.7. The average molecular weight is 224 g/mol. The zero-order valence-corrected chi connectivity index (χ0v) is 8.84. The molecule has 0 aliphatic heterocycles. The zero-order valence-electron chi connectivity index (χ0n) is 8.84. The molecular weight excluding hydrogens is 212 g/mol. The van der Waals surface area contributed by atoms with Gasteiger partial charge in [-0.3, -0.25) is 19.6 Å². The second-order valence-corrected chi connectivity index (χ2v) is 3.72. The van der Waals surface area contributed by atoms with Gasteiger partial charge in [0, 0.05) is 12.6 Å². The maximum Gasteiger partial charge on any atom is 0.320 e. The first-order valence-electron chi connectivity index (χ1n) is 5.14. The van der Waals surface area contributed by atoms with Crippen molar-refractivity contribution in [2.75, 3.05) is 0 Å². The second kappa shape index (κ2) is 3.92. The summed E-state index contributed by atoms with van der Waals surface area (Å²) in [6, 6.07) is 0.166. The molecule has 7 nitrogen and oxygen atoms in total. The number of amides is 1. The molecule has 1 fully saturated rings. The van der Waals surface area contributed by atoms with Crippen molar-refractivity contribution < 1.29 is 9.72 Å². The Hall–Kier alpha value is -1.92. The third-order valence-electron chi connectivity index (χ3n) is 2.39. The Balaban J connectivity index is 2.25. The molecule has 1 heterocycles. The Kier molecular flexibility index (Phi) is 2.59. The van der Waals surface area contributed by atoms with Crippen LogP contribution in [0.3, 0.4) is 0 Å². The summed E-state index contributed by atoms with van der Waals surface area (Å²) in [5.41, 5.74) is -0.334. The number of rotatable bonds is 4. The first-order chi connectivity index (χ1) is 7.61. The molecule has 0 spiro atoms. The first kappa shape index (κ1) is 10.6. The molecular formula is C9H12N4O3. The number of aryl methyl sites for hydroxylation is 1. The van der Waals surface area contributed by atoms with E-state index < -0.39 is 10.8 Å². The van der Waals surface area contributed by atoms with Crippen LogP contribution in [0.25, 0.3) is 0 Å². The lowest BCUT2D eigenvalue weighted by Gasteiger charge is -1.98. The highest BCUT2D eigenvalue weighted by Crippen LogP contribution is 2.21. The lowest BCUT2D eigenvalue weighted by Crippen LogP contribution is -2.26. The maximum atomic E-state index is 11.7. The largest absolute Gasteiger partial charge is 0.348 e. The molecule has 0 aromatic carbocycles. The van der Waals surface area contributed by atoms with Gasteiger partial charge in [0.05, 0.1) is 4.92 Å². The number of hydrogen-bond donors (Lipinski definition) is 1. The van der Waals surface area contributed by atoms with Crippen LogP contribution < -0.4 is 5.32 Å². The van der Waals surface area contributed by atoms with Crippen LogP contribution in [0.2, 0.25) is 0 Å². The van der Waals surface area contributed by atoms with Crippen LogP contribution in [-0.4, -0.2) is 26.7 Å². The van der Waals surface area contributed by atoms with Gasteiger partial charge in [-0.1, -0.05) is 0 Å². The van der Waals surface area contributed by atoms with E-state index in [0.717, 1.165) is 12.8 Å². The molecule has 0 radical (unpaired) electrons. The number of carbonyl (C=O) groups is 1. The first-order valence-corrected chi connectivity index (χ1v) is 5.14. The average Bonchev–Trinajstić information content (AvgIpc) is 2.94. The van der Waals surface area contributed by atoms with E-state index in [4.69, 9.17) is 0 Å². The van der Waals surface area contributed by atoms with E-state index in [1.165, 1.54) is 10.9 Å². The van der Waals surface area contributed by atoms with Crippen molar-refractivity contribution in [2.24, 2.45) is 0 Å². The third-order valence-corrected chi connectivity index (χ3v) is 2.39. The molecule has 1 aliphatic rings. The van der Waals surface area contributed by atoms with Gasteiger partial charge in [-0.15, -0.1) is 0 Å². The summed E-state index contributed by atoms with van der Waals surface area (Å²) in [6.45, 7) is 2.30. The van der Waals surface area contributed by atoms with Crippen molar-refractivity contribution in [3.8, 4) is 0 Å². The van der Waals surface area contributed by atoms with E-state index in [2.05, 4.69) is 10.4 Å². The molecule has 1 N–H and O–H groups in total. The summed E-state index contributed by atoms with van der Waals surface area (Å²) in [6.07, 6.45) is 3.16. The molecule has 1 amide bonds. The molecule has 1 saturated carbocycles. The lowest BCUT2D eigenvalue weighted by molar-refractivity contribution is -0.385. The van der Waals surface area contributed by atoms with E-state index in [9.17, 15) is 14.9 Å². The smallest absolute Gasteiger partial charge is 0.320 e. The molecule has 16 heavy (non-hydrogen) atoms. The van der Waals surface area contributed by atoms with Crippen LogP contribution in [0.4, 0.5) is 5.69 Å². The van der Waals surface area contributed by atoms with Gasteiger partial charge in [-0.25, -0.2) is 0 Å². The summed E-state index contributed by atoms with van der Waals surface area (Å²) in [7, 11) is 0. The predicted octanol–water partition coefficient (Wildman–Crippen LogP) is 0.703. The number of nitro groups is 1. The van der Waals surface area contributed by atoms with Gasteiger partial charge in [0.25, 0.3) is 5.91 Å². The second-order valence-electron chi connectivity index (χ2n) is 3.72. The summed E-state index contributed by atoms with van der Waals surface area (Å²) in [4.78, 5) is 21.8. The fourth-order valence-corrected chi connectivity index (χ4v) is 1.35. The lowest BCUT2D eigenvalue weighted by atomic mass is 10.3. The van der Waals surface area contributed by atoms with E-state index in [-0.39, 0.29) is 17.4 Å². The Morgan fingerprint density at radius 3 is 2.94 bits per heavy atom. The van der Waals surface area contributed by atoms with Gasteiger partial charge >= 0.3 is 5.69 Å². The molecule has 0 unspecified atom stereocenters. The maximum absolute atomic E-state index is 11.7. The van der Waals surface area contributed by atoms with Gasteiger partial charge in [-0.2, -0.15) is 5.10 Å². The van der Waals surface area contributed by atoms with Gasteiger partial charge in [0.1, 0.15) is 6.20 Å². The number of hydrogen-bond acceptors (Lipinski definition) is 4. The number of aromatic nitrogens is 2. The van der Waals surface area contributed by atoms with Crippen molar-refractivity contribution in [1.82, 2.24) is 15.1 Å². The monoisotopic (exact) mass is 224 g/mol. The number of nitrogens with zero attached hydrogens (tertiary/aromatic N) is 3. The molecule has 86 valence electrons. The van der Waals surface area contributed by atoms with Crippen LogP contribution in [-0.2, 0) is 6.54 Å². The molecule has 1 aromatic rings. The van der Waals surface area contributed by atoms with E-state index in [1.807, 2.05) is 0 Å². The predicted molar refractivity (Wildman–Crippen MR) is 55.0 cm³/mol. The Morgan fingerprint density at radius 2 is 2.44 bits per heavy atom. The molecule has 1 aliphatic carbocycles. The van der Waals surface area contributed by atoms with E-state index >= 15 is 0 Å². The van der Waals surface area contributed by atoms with Crippen molar-refractivity contribution >= 4 is 11.6 Å².